The predicted octanol–water partition coefficient (Wildman–Crippen LogP) is 2.69. The Balaban J connectivity index is 1.60. The van der Waals surface area contributed by atoms with Crippen molar-refractivity contribution in [3.05, 3.63) is 11.8 Å². The number of aromatic nitrogens is 2. The summed E-state index contributed by atoms with van der Waals surface area (Å²) in [7, 11) is 0. The van der Waals surface area contributed by atoms with E-state index in [1.807, 2.05) is 13.8 Å². The highest BCUT2D eigenvalue weighted by Crippen LogP contribution is 2.27. The smallest absolute Gasteiger partial charge is 0.249 e. The van der Waals surface area contributed by atoms with Crippen LogP contribution >= 0.6 is 0 Å². The van der Waals surface area contributed by atoms with Gasteiger partial charge >= 0.3 is 0 Å². The van der Waals surface area contributed by atoms with Crippen molar-refractivity contribution in [1.82, 2.24) is 15.1 Å². The van der Waals surface area contributed by atoms with E-state index in [0.29, 0.717) is 37.5 Å². The molecule has 1 aromatic rings. The molecule has 1 aliphatic heterocycles. The van der Waals surface area contributed by atoms with E-state index in [2.05, 4.69) is 17.1 Å². The van der Waals surface area contributed by atoms with Gasteiger partial charge in [0.25, 0.3) is 0 Å². The molecule has 1 aromatic heterocycles. The molecule has 7 nitrogen and oxygen atoms in total. The highest BCUT2D eigenvalue weighted by Gasteiger charge is 2.33. The number of morpholine rings is 1. The van der Waals surface area contributed by atoms with Crippen LogP contribution in [0.1, 0.15) is 70.2 Å². The average molecular weight is 351 g/mol. The number of hydrogen-bond acceptors (Lipinski definition) is 6. The maximum absolute atomic E-state index is 12.7. The van der Waals surface area contributed by atoms with Gasteiger partial charge in [0.2, 0.25) is 17.7 Å². The Labute approximate surface area is 149 Å². The van der Waals surface area contributed by atoms with Crippen LogP contribution < -0.4 is 0 Å². The zero-order chi connectivity index (χ0) is 17.8. The molecular weight excluding hydrogens is 322 g/mol. The molecule has 3 atom stereocenters. The highest BCUT2D eigenvalue weighted by atomic mass is 16.5. The van der Waals surface area contributed by atoms with Crippen molar-refractivity contribution in [2.75, 3.05) is 26.4 Å². The van der Waals surface area contributed by atoms with Gasteiger partial charge in [0, 0.05) is 12.5 Å². The van der Waals surface area contributed by atoms with E-state index in [1.54, 1.807) is 4.90 Å². The SMILES string of the molecule is CC(C)c1nnc([C@@H]2COCCN2C(=O)CO[C@H]2CCC[C@@H](C)C2)o1. The summed E-state index contributed by atoms with van der Waals surface area (Å²) in [5.74, 6) is 1.84. The van der Waals surface area contributed by atoms with Crippen molar-refractivity contribution in [2.24, 2.45) is 5.92 Å². The van der Waals surface area contributed by atoms with Gasteiger partial charge in [-0.05, 0) is 18.8 Å². The van der Waals surface area contributed by atoms with E-state index >= 15 is 0 Å². The summed E-state index contributed by atoms with van der Waals surface area (Å²) in [6.07, 6.45) is 4.73. The Kier molecular flexibility index (Phi) is 6.06. The Morgan fingerprint density at radius 3 is 2.92 bits per heavy atom. The number of nitrogens with zero attached hydrogens (tertiary/aromatic N) is 3. The number of amides is 1. The molecule has 25 heavy (non-hydrogen) atoms. The predicted molar refractivity (Wildman–Crippen MR) is 91.0 cm³/mol. The highest BCUT2D eigenvalue weighted by molar-refractivity contribution is 5.78. The standard InChI is InChI=1S/C18H29N3O4/c1-12(2)17-19-20-18(25-17)15-10-23-8-7-21(15)16(22)11-24-14-6-4-5-13(3)9-14/h12-15H,4-11H2,1-3H3/t13-,14+,15+/m1/s1. The first-order chi connectivity index (χ1) is 12.0. The second-order valence-corrected chi connectivity index (χ2v) is 7.52. The third-order valence-electron chi connectivity index (χ3n) is 5.01. The molecule has 1 aliphatic carbocycles. The van der Waals surface area contributed by atoms with Gasteiger partial charge in [0.1, 0.15) is 12.6 Å². The second kappa shape index (κ2) is 8.27. The van der Waals surface area contributed by atoms with Crippen LogP contribution in [0.4, 0.5) is 0 Å². The molecule has 0 radical (unpaired) electrons. The fourth-order valence-electron chi connectivity index (χ4n) is 3.52. The van der Waals surface area contributed by atoms with Crippen molar-refractivity contribution < 1.29 is 18.7 Å². The number of rotatable bonds is 5. The lowest BCUT2D eigenvalue weighted by Crippen LogP contribution is -2.45. The van der Waals surface area contributed by atoms with Gasteiger partial charge in [-0.2, -0.15) is 0 Å². The number of carbonyl (C=O) groups excluding carboxylic acids is 1. The molecule has 0 spiro atoms. The van der Waals surface area contributed by atoms with Gasteiger partial charge in [-0.15, -0.1) is 10.2 Å². The molecule has 2 fully saturated rings. The van der Waals surface area contributed by atoms with E-state index in [4.69, 9.17) is 13.9 Å². The van der Waals surface area contributed by atoms with Crippen LogP contribution in [-0.2, 0) is 14.3 Å². The molecule has 0 bridgehead atoms. The van der Waals surface area contributed by atoms with Crippen molar-refractivity contribution in [2.45, 2.75) is 64.5 Å². The molecule has 1 amide bonds. The van der Waals surface area contributed by atoms with Crippen LogP contribution in [-0.4, -0.2) is 53.5 Å². The molecule has 140 valence electrons. The number of hydrogen-bond donors (Lipinski definition) is 0. The van der Waals surface area contributed by atoms with E-state index in [1.165, 1.54) is 12.8 Å². The summed E-state index contributed by atoms with van der Waals surface area (Å²) in [6, 6.07) is -0.324. The molecule has 2 aliphatic rings. The fraction of sp³-hybridized carbons (Fsp3) is 0.833. The van der Waals surface area contributed by atoms with Crippen LogP contribution in [0.25, 0.3) is 0 Å². The monoisotopic (exact) mass is 351 g/mol. The number of ether oxygens (including phenoxy) is 2. The second-order valence-electron chi connectivity index (χ2n) is 7.52. The third-order valence-corrected chi connectivity index (χ3v) is 5.01. The maximum Gasteiger partial charge on any atom is 0.249 e. The van der Waals surface area contributed by atoms with Crippen molar-refractivity contribution >= 4 is 5.91 Å². The van der Waals surface area contributed by atoms with Gasteiger partial charge in [-0.3, -0.25) is 4.79 Å². The van der Waals surface area contributed by atoms with Crippen LogP contribution in [0.2, 0.25) is 0 Å². The molecule has 0 N–H and O–H groups in total. The lowest BCUT2D eigenvalue weighted by Gasteiger charge is -2.34. The van der Waals surface area contributed by atoms with Crippen LogP contribution in [0.15, 0.2) is 4.42 Å². The van der Waals surface area contributed by atoms with Gasteiger partial charge < -0.3 is 18.8 Å². The third kappa shape index (κ3) is 4.58. The van der Waals surface area contributed by atoms with Gasteiger partial charge in [0.05, 0.1) is 19.3 Å². The molecule has 0 aromatic carbocycles. The van der Waals surface area contributed by atoms with E-state index in [0.717, 1.165) is 12.8 Å². The Morgan fingerprint density at radius 1 is 1.36 bits per heavy atom. The minimum atomic E-state index is -0.324. The van der Waals surface area contributed by atoms with Gasteiger partial charge in [0.15, 0.2) is 0 Å². The molecule has 0 unspecified atom stereocenters. The van der Waals surface area contributed by atoms with Crippen molar-refractivity contribution in [1.29, 1.82) is 0 Å². The van der Waals surface area contributed by atoms with Crippen molar-refractivity contribution in [3.63, 3.8) is 0 Å². The van der Waals surface area contributed by atoms with E-state index < -0.39 is 0 Å². The van der Waals surface area contributed by atoms with Crippen molar-refractivity contribution in [3.8, 4) is 0 Å². The Morgan fingerprint density at radius 2 is 2.20 bits per heavy atom. The molecular formula is C18H29N3O4. The minimum absolute atomic E-state index is 0.0316. The lowest BCUT2D eigenvalue weighted by atomic mass is 9.89. The van der Waals surface area contributed by atoms with E-state index in [-0.39, 0.29) is 30.6 Å². The molecule has 7 heteroatoms. The summed E-state index contributed by atoms with van der Waals surface area (Å²) >= 11 is 0. The summed E-state index contributed by atoms with van der Waals surface area (Å²) < 4.78 is 17.2. The Bertz CT molecular complexity index is 574. The largest absolute Gasteiger partial charge is 0.423 e. The summed E-state index contributed by atoms with van der Waals surface area (Å²) in [4.78, 5) is 14.5. The molecule has 3 rings (SSSR count). The summed E-state index contributed by atoms with van der Waals surface area (Å²) in [5, 5.41) is 8.19. The van der Waals surface area contributed by atoms with Crippen LogP contribution in [0.3, 0.4) is 0 Å². The molecule has 1 saturated carbocycles. The minimum Gasteiger partial charge on any atom is -0.423 e. The lowest BCUT2D eigenvalue weighted by molar-refractivity contribution is -0.149. The zero-order valence-electron chi connectivity index (χ0n) is 15.4. The fourth-order valence-corrected chi connectivity index (χ4v) is 3.52. The first kappa shape index (κ1) is 18.3. The quantitative estimate of drug-likeness (QED) is 0.812. The first-order valence-electron chi connectivity index (χ1n) is 9.36. The normalized spacial score (nSPS) is 27.7. The topological polar surface area (TPSA) is 77.7 Å². The van der Waals surface area contributed by atoms with E-state index in [9.17, 15) is 4.79 Å². The maximum atomic E-state index is 12.7. The molecule has 2 heterocycles. The zero-order valence-corrected chi connectivity index (χ0v) is 15.4. The average Bonchev–Trinajstić information content (AvgIpc) is 3.10. The Hall–Kier alpha value is -1.47. The van der Waals surface area contributed by atoms with Crippen LogP contribution in [0, 0.1) is 5.92 Å². The summed E-state index contributed by atoms with van der Waals surface area (Å²) in [5.41, 5.74) is 0. The first-order valence-corrected chi connectivity index (χ1v) is 9.36. The van der Waals surface area contributed by atoms with Crippen LogP contribution in [0.5, 0.6) is 0 Å². The van der Waals surface area contributed by atoms with Gasteiger partial charge in [-0.1, -0.05) is 33.6 Å². The molecule has 1 saturated heterocycles. The summed E-state index contributed by atoms with van der Waals surface area (Å²) in [6.45, 7) is 7.77. The van der Waals surface area contributed by atoms with Gasteiger partial charge in [-0.25, -0.2) is 0 Å². The number of carbonyl (C=O) groups is 1.